The number of hydrogen-bond donors (Lipinski definition) is 1. The maximum absolute atomic E-state index is 3.51. The molecule has 0 amide bonds. The molecule has 3 saturated heterocycles. The van der Waals surface area contributed by atoms with Crippen molar-refractivity contribution < 1.29 is 0 Å². The minimum absolute atomic E-state index is 0.965. The Morgan fingerprint density at radius 3 is 2.19 bits per heavy atom. The quantitative estimate of drug-likeness (QED) is 0.754. The molecule has 92 valence electrons. The fraction of sp³-hybridized carbons (Fsp3) is 1.00. The molecule has 3 nitrogen and oxygen atoms in total. The molecule has 1 N–H and O–H groups in total. The van der Waals surface area contributed by atoms with Crippen LogP contribution in [0.15, 0.2) is 0 Å². The van der Waals surface area contributed by atoms with Gasteiger partial charge in [-0.3, -0.25) is 0 Å². The van der Waals surface area contributed by atoms with Crippen LogP contribution in [0.4, 0.5) is 0 Å². The molecule has 3 rings (SSSR count). The lowest BCUT2D eigenvalue weighted by Crippen LogP contribution is -2.29. The molecule has 0 bridgehead atoms. The second-order valence-corrected chi connectivity index (χ2v) is 5.84. The van der Waals surface area contributed by atoms with Gasteiger partial charge in [0, 0.05) is 13.1 Å². The Morgan fingerprint density at radius 1 is 0.875 bits per heavy atom. The average Bonchev–Trinajstić information content (AvgIpc) is 2.91. The van der Waals surface area contributed by atoms with Gasteiger partial charge in [0.1, 0.15) is 0 Å². The van der Waals surface area contributed by atoms with Crippen LogP contribution in [0.5, 0.6) is 0 Å². The van der Waals surface area contributed by atoms with E-state index in [4.69, 9.17) is 0 Å². The zero-order valence-electron chi connectivity index (χ0n) is 10.3. The van der Waals surface area contributed by atoms with Gasteiger partial charge in [-0.15, -0.1) is 0 Å². The van der Waals surface area contributed by atoms with Crippen LogP contribution < -0.4 is 5.32 Å². The van der Waals surface area contributed by atoms with Crippen molar-refractivity contribution in [3.63, 3.8) is 0 Å². The van der Waals surface area contributed by atoms with Gasteiger partial charge in [-0.25, -0.2) is 0 Å². The van der Waals surface area contributed by atoms with E-state index in [1.54, 1.807) is 0 Å². The van der Waals surface area contributed by atoms with Crippen molar-refractivity contribution in [2.75, 3.05) is 52.4 Å². The summed E-state index contributed by atoms with van der Waals surface area (Å²) in [4.78, 5) is 5.34. The summed E-state index contributed by atoms with van der Waals surface area (Å²) in [5.41, 5.74) is 0. The Morgan fingerprint density at radius 2 is 1.50 bits per heavy atom. The fourth-order valence-electron chi connectivity index (χ4n) is 3.66. The summed E-state index contributed by atoms with van der Waals surface area (Å²) in [6, 6.07) is 0. The SMILES string of the molecule is C1CCN(CCCN2C[C@H]3CNC[C@H]3C2)C1. The molecule has 0 unspecified atom stereocenters. The van der Waals surface area contributed by atoms with Crippen molar-refractivity contribution in [3.05, 3.63) is 0 Å². The summed E-state index contributed by atoms with van der Waals surface area (Å²) >= 11 is 0. The highest BCUT2D eigenvalue weighted by Crippen LogP contribution is 2.26. The monoisotopic (exact) mass is 223 g/mol. The first-order valence-corrected chi connectivity index (χ1v) is 7.07. The van der Waals surface area contributed by atoms with Crippen LogP contribution in [-0.2, 0) is 0 Å². The highest BCUT2D eigenvalue weighted by atomic mass is 15.2. The molecule has 0 spiro atoms. The number of fused-ring (bicyclic) bond motifs is 1. The van der Waals surface area contributed by atoms with Gasteiger partial charge in [0.15, 0.2) is 0 Å². The highest BCUT2D eigenvalue weighted by Gasteiger charge is 2.35. The second kappa shape index (κ2) is 5.03. The smallest absolute Gasteiger partial charge is 0.00256 e. The second-order valence-electron chi connectivity index (χ2n) is 5.84. The molecule has 0 aromatic heterocycles. The summed E-state index contributed by atoms with van der Waals surface area (Å²) in [6.45, 7) is 10.6. The molecule has 0 aromatic rings. The van der Waals surface area contributed by atoms with Crippen LogP contribution in [0.2, 0.25) is 0 Å². The molecule has 16 heavy (non-hydrogen) atoms. The maximum atomic E-state index is 3.51. The zero-order valence-corrected chi connectivity index (χ0v) is 10.3. The Bertz CT molecular complexity index is 213. The van der Waals surface area contributed by atoms with E-state index in [2.05, 4.69) is 15.1 Å². The van der Waals surface area contributed by atoms with Crippen molar-refractivity contribution in [1.29, 1.82) is 0 Å². The Balaban J connectivity index is 1.33. The van der Waals surface area contributed by atoms with Gasteiger partial charge >= 0.3 is 0 Å². The van der Waals surface area contributed by atoms with E-state index in [-0.39, 0.29) is 0 Å². The lowest BCUT2D eigenvalue weighted by atomic mass is 10.0. The minimum Gasteiger partial charge on any atom is -0.316 e. The molecule has 3 heteroatoms. The van der Waals surface area contributed by atoms with Crippen LogP contribution in [0.1, 0.15) is 19.3 Å². The van der Waals surface area contributed by atoms with E-state index in [1.165, 1.54) is 71.6 Å². The molecule has 0 saturated carbocycles. The molecule has 0 aromatic carbocycles. The van der Waals surface area contributed by atoms with Crippen LogP contribution in [0.25, 0.3) is 0 Å². The number of nitrogens with one attached hydrogen (secondary N) is 1. The normalized spacial score (nSPS) is 36.0. The van der Waals surface area contributed by atoms with Crippen molar-refractivity contribution in [1.82, 2.24) is 15.1 Å². The summed E-state index contributed by atoms with van der Waals surface area (Å²) in [5, 5.41) is 3.51. The van der Waals surface area contributed by atoms with E-state index in [1.807, 2.05) is 0 Å². The van der Waals surface area contributed by atoms with E-state index >= 15 is 0 Å². The number of nitrogens with zero attached hydrogens (tertiary/aromatic N) is 2. The molecule has 2 atom stereocenters. The molecule has 3 aliphatic heterocycles. The first-order chi connectivity index (χ1) is 7.92. The summed E-state index contributed by atoms with van der Waals surface area (Å²) in [7, 11) is 0. The topological polar surface area (TPSA) is 18.5 Å². The van der Waals surface area contributed by atoms with E-state index < -0.39 is 0 Å². The van der Waals surface area contributed by atoms with Gasteiger partial charge < -0.3 is 15.1 Å². The largest absolute Gasteiger partial charge is 0.316 e. The fourth-order valence-corrected chi connectivity index (χ4v) is 3.66. The van der Waals surface area contributed by atoms with Crippen molar-refractivity contribution >= 4 is 0 Å². The first kappa shape index (κ1) is 11.0. The van der Waals surface area contributed by atoms with Crippen LogP contribution in [0.3, 0.4) is 0 Å². The molecule has 3 fully saturated rings. The third-order valence-corrected chi connectivity index (χ3v) is 4.61. The van der Waals surface area contributed by atoms with E-state index in [9.17, 15) is 0 Å². The molecule has 3 aliphatic rings. The van der Waals surface area contributed by atoms with Crippen LogP contribution in [-0.4, -0.2) is 62.2 Å². The number of hydrogen-bond acceptors (Lipinski definition) is 3. The predicted molar refractivity (Wildman–Crippen MR) is 66.6 cm³/mol. The van der Waals surface area contributed by atoms with Gasteiger partial charge in [0.2, 0.25) is 0 Å². The molecule has 0 radical (unpaired) electrons. The third kappa shape index (κ3) is 2.41. The van der Waals surface area contributed by atoms with E-state index in [0.29, 0.717) is 0 Å². The van der Waals surface area contributed by atoms with Gasteiger partial charge in [0.05, 0.1) is 0 Å². The molecular formula is C13H25N3. The Hall–Kier alpha value is -0.120. The Kier molecular flexibility index (Phi) is 3.46. The van der Waals surface area contributed by atoms with E-state index in [0.717, 1.165) is 11.8 Å². The van der Waals surface area contributed by atoms with Crippen LogP contribution >= 0.6 is 0 Å². The van der Waals surface area contributed by atoms with Crippen LogP contribution in [0, 0.1) is 11.8 Å². The predicted octanol–water partition coefficient (Wildman–Crippen LogP) is 0.624. The maximum Gasteiger partial charge on any atom is 0.00256 e. The number of rotatable bonds is 4. The third-order valence-electron chi connectivity index (χ3n) is 4.61. The summed E-state index contributed by atoms with van der Waals surface area (Å²) in [5.74, 6) is 1.93. The van der Waals surface area contributed by atoms with Gasteiger partial charge in [-0.2, -0.15) is 0 Å². The van der Waals surface area contributed by atoms with Gasteiger partial charge in [0.25, 0.3) is 0 Å². The first-order valence-electron chi connectivity index (χ1n) is 7.07. The van der Waals surface area contributed by atoms with Gasteiger partial charge in [-0.05, 0) is 70.4 Å². The average molecular weight is 223 g/mol. The molecule has 3 heterocycles. The highest BCUT2D eigenvalue weighted by molar-refractivity contribution is 4.91. The lowest BCUT2D eigenvalue weighted by molar-refractivity contribution is 0.269. The Labute approximate surface area is 99.2 Å². The summed E-state index contributed by atoms with van der Waals surface area (Å²) < 4.78 is 0. The van der Waals surface area contributed by atoms with Crippen molar-refractivity contribution in [3.8, 4) is 0 Å². The van der Waals surface area contributed by atoms with Crippen molar-refractivity contribution in [2.45, 2.75) is 19.3 Å². The lowest BCUT2D eigenvalue weighted by Gasteiger charge is -2.19. The van der Waals surface area contributed by atoms with Crippen molar-refractivity contribution in [2.24, 2.45) is 11.8 Å². The van der Waals surface area contributed by atoms with Gasteiger partial charge in [-0.1, -0.05) is 0 Å². The zero-order chi connectivity index (χ0) is 10.8. The standard InChI is InChI=1S/C13H25N3/c1-2-5-15(4-1)6-3-7-16-10-12-8-14-9-13(12)11-16/h12-14H,1-11H2/t12-,13+. The molecule has 0 aliphatic carbocycles. The minimum atomic E-state index is 0.965. The molecular weight excluding hydrogens is 198 g/mol. The summed E-state index contributed by atoms with van der Waals surface area (Å²) in [6.07, 6.45) is 4.24. The number of likely N-dealkylation sites (tertiary alicyclic amines) is 2.